The lowest BCUT2D eigenvalue weighted by molar-refractivity contribution is -0.152. The zero-order valence-corrected chi connectivity index (χ0v) is 17.5. The zero-order chi connectivity index (χ0) is 20.7. The Morgan fingerprint density at radius 1 is 1.28 bits per heavy atom. The maximum atomic E-state index is 12.7. The van der Waals surface area contributed by atoms with Crippen LogP contribution in [0.25, 0.3) is 0 Å². The number of ether oxygens (including phenoxy) is 1. The Labute approximate surface area is 173 Å². The molecule has 8 heteroatoms. The van der Waals surface area contributed by atoms with Crippen molar-refractivity contribution in [3.05, 3.63) is 47.2 Å². The smallest absolute Gasteiger partial charge is 0.330 e. The van der Waals surface area contributed by atoms with E-state index in [0.717, 1.165) is 24.2 Å². The summed E-state index contributed by atoms with van der Waals surface area (Å²) in [5, 5.41) is -0.367. The fourth-order valence-corrected chi connectivity index (χ4v) is 5.40. The second-order valence-corrected chi connectivity index (χ2v) is 8.67. The first-order chi connectivity index (χ1) is 13.9. The van der Waals surface area contributed by atoms with Gasteiger partial charge in [0, 0.05) is 35.7 Å². The van der Waals surface area contributed by atoms with E-state index in [-0.39, 0.29) is 23.7 Å². The van der Waals surface area contributed by atoms with Gasteiger partial charge in [-0.05, 0) is 44.9 Å². The molecule has 1 saturated heterocycles. The van der Waals surface area contributed by atoms with Crippen molar-refractivity contribution in [2.75, 3.05) is 12.4 Å². The van der Waals surface area contributed by atoms with Gasteiger partial charge in [-0.1, -0.05) is 0 Å². The van der Waals surface area contributed by atoms with Gasteiger partial charge in [-0.25, -0.2) is 4.79 Å². The molecule has 1 aliphatic heterocycles. The number of esters is 1. The highest BCUT2D eigenvalue weighted by molar-refractivity contribution is 7.99. The molecular formula is C21H24N2O5S. The average molecular weight is 416 g/mol. The quantitative estimate of drug-likeness (QED) is 0.530. The van der Waals surface area contributed by atoms with E-state index in [1.165, 1.54) is 29.8 Å². The number of rotatable bonds is 6. The van der Waals surface area contributed by atoms with Crippen molar-refractivity contribution in [2.24, 2.45) is 0 Å². The molecule has 1 saturated carbocycles. The van der Waals surface area contributed by atoms with Crippen LogP contribution in [0.15, 0.2) is 28.9 Å². The summed E-state index contributed by atoms with van der Waals surface area (Å²) >= 11 is 1.44. The fourth-order valence-electron chi connectivity index (χ4n) is 3.99. The lowest BCUT2D eigenvalue weighted by Gasteiger charge is -2.25. The summed E-state index contributed by atoms with van der Waals surface area (Å²) in [5.41, 5.74) is 2.57. The number of amides is 1. The van der Waals surface area contributed by atoms with Gasteiger partial charge in [-0.15, -0.1) is 11.8 Å². The fraction of sp³-hybridized carbons (Fsp3) is 0.476. The first-order valence-electron chi connectivity index (χ1n) is 9.70. The largest absolute Gasteiger partial charge is 0.466 e. The van der Waals surface area contributed by atoms with E-state index in [9.17, 15) is 14.4 Å². The van der Waals surface area contributed by atoms with Crippen LogP contribution in [0.5, 0.6) is 0 Å². The van der Waals surface area contributed by atoms with E-state index in [0.29, 0.717) is 23.1 Å². The summed E-state index contributed by atoms with van der Waals surface area (Å²) in [7, 11) is 0. The van der Waals surface area contributed by atoms with Crippen LogP contribution in [0.3, 0.4) is 0 Å². The number of hydrogen-bond donors (Lipinski definition) is 0. The molecule has 4 rings (SSSR count). The van der Waals surface area contributed by atoms with Crippen molar-refractivity contribution in [2.45, 2.75) is 51.1 Å². The summed E-state index contributed by atoms with van der Waals surface area (Å²) in [6, 6.07) is 5.14. The Bertz CT molecular complexity index is 945. The summed E-state index contributed by atoms with van der Waals surface area (Å²) in [4.78, 5) is 39.0. The molecule has 29 heavy (non-hydrogen) atoms. The third-order valence-electron chi connectivity index (χ3n) is 5.46. The second kappa shape index (κ2) is 7.74. The molecule has 7 nitrogen and oxygen atoms in total. The van der Waals surface area contributed by atoms with E-state index < -0.39 is 12.0 Å². The number of Topliss-reactive ketones (excluding diaryl/α,β-unsaturated/α-hetero) is 1. The van der Waals surface area contributed by atoms with Gasteiger partial charge in [0.15, 0.2) is 6.61 Å². The molecule has 0 unspecified atom stereocenters. The molecule has 0 aromatic carbocycles. The van der Waals surface area contributed by atoms with Crippen molar-refractivity contribution in [3.8, 4) is 0 Å². The van der Waals surface area contributed by atoms with E-state index >= 15 is 0 Å². The molecule has 2 aromatic heterocycles. The number of carbonyl (C=O) groups excluding carboxylic acids is 3. The van der Waals surface area contributed by atoms with Gasteiger partial charge >= 0.3 is 5.97 Å². The van der Waals surface area contributed by atoms with Crippen molar-refractivity contribution >= 4 is 29.4 Å². The van der Waals surface area contributed by atoms with Crippen LogP contribution >= 0.6 is 11.8 Å². The Hall–Kier alpha value is -2.48. The Balaban J connectivity index is 1.42. The average Bonchev–Trinajstić information content (AvgIpc) is 3.10. The number of nitrogens with zero attached hydrogens (tertiary/aromatic N) is 2. The molecule has 1 amide bonds. The third-order valence-corrected chi connectivity index (χ3v) is 6.75. The number of aromatic nitrogens is 1. The number of furan rings is 1. The van der Waals surface area contributed by atoms with Gasteiger partial charge in [0.25, 0.3) is 0 Å². The molecule has 2 atom stereocenters. The van der Waals surface area contributed by atoms with Crippen LogP contribution in [0.2, 0.25) is 0 Å². The van der Waals surface area contributed by atoms with Crippen LogP contribution in [-0.2, 0) is 14.3 Å². The van der Waals surface area contributed by atoms with Gasteiger partial charge in [-0.3, -0.25) is 9.59 Å². The van der Waals surface area contributed by atoms with Crippen LogP contribution in [-0.4, -0.2) is 45.5 Å². The molecule has 0 spiro atoms. The molecular weight excluding hydrogens is 392 g/mol. The molecule has 2 fully saturated rings. The number of hydrogen-bond acceptors (Lipinski definition) is 6. The summed E-state index contributed by atoms with van der Waals surface area (Å²) in [6.45, 7) is 5.01. The van der Waals surface area contributed by atoms with E-state index in [2.05, 4.69) is 4.57 Å². The molecule has 0 bridgehead atoms. The Morgan fingerprint density at radius 2 is 2.03 bits per heavy atom. The minimum absolute atomic E-state index is 0.221. The van der Waals surface area contributed by atoms with Gasteiger partial charge in [0.05, 0.1) is 6.26 Å². The van der Waals surface area contributed by atoms with E-state index in [4.69, 9.17) is 9.15 Å². The number of ketones is 1. The predicted octanol–water partition coefficient (Wildman–Crippen LogP) is 3.42. The monoisotopic (exact) mass is 416 g/mol. The lowest BCUT2D eigenvalue weighted by atomic mass is 10.1. The maximum Gasteiger partial charge on any atom is 0.330 e. The van der Waals surface area contributed by atoms with Crippen molar-refractivity contribution in [1.29, 1.82) is 0 Å². The van der Waals surface area contributed by atoms with Crippen LogP contribution in [0.1, 0.15) is 58.7 Å². The maximum absolute atomic E-state index is 12.7. The zero-order valence-electron chi connectivity index (χ0n) is 16.7. The Morgan fingerprint density at radius 3 is 2.66 bits per heavy atom. The van der Waals surface area contributed by atoms with E-state index in [1.807, 2.05) is 19.9 Å². The summed E-state index contributed by atoms with van der Waals surface area (Å²) in [6.07, 6.45) is 3.81. The highest BCUT2D eigenvalue weighted by Crippen LogP contribution is 2.42. The summed E-state index contributed by atoms with van der Waals surface area (Å²) < 4.78 is 12.9. The molecule has 154 valence electrons. The summed E-state index contributed by atoms with van der Waals surface area (Å²) in [5.74, 6) is -0.0115. The lowest BCUT2D eigenvalue weighted by Crippen LogP contribution is -2.43. The third kappa shape index (κ3) is 3.73. The van der Waals surface area contributed by atoms with Gasteiger partial charge in [0.1, 0.15) is 17.2 Å². The molecule has 0 radical (unpaired) electrons. The van der Waals surface area contributed by atoms with Gasteiger partial charge < -0.3 is 18.6 Å². The molecule has 3 heterocycles. The predicted molar refractivity (Wildman–Crippen MR) is 108 cm³/mol. The minimum Gasteiger partial charge on any atom is -0.466 e. The van der Waals surface area contributed by atoms with Gasteiger partial charge in [0.2, 0.25) is 11.7 Å². The topological polar surface area (TPSA) is 81.8 Å². The first-order valence-corrected chi connectivity index (χ1v) is 10.8. The number of thioether (sulfide) groups is 1. The van der Waals surface area contributed by atoms with Crippen LogP contribution in [0, 0.1) is 13.8 Å². The SMILES string of the molecule is CC(=O)N1[C@@H](C(=O)OCC(=O)c2cc(C)n(C3CC3)c2C)CS[C@@H]1c1ccco1. The molecule has 0 N–H and O–H groups in total. The first kappa shape index (κ1) is 19.8. The normalized spacial score (nSPS) is 21.4. The highest BCUT2D eigenvalue weighted by atomic mass is 32.2. The van der Waals surface area contributed by atoms with Gasteiger partial charge in [-0.2, -0.15) is 0 Å². The van der Waals surface area contributed by atoms with Crippen LogP contribution < -0.4 is 0 Å². The minimum atomic E-state index is -0.737. The van der Waals surface area contributed by atoms with Crippen molar-refractivity contribution < 1.29 is 23.5 Å². The number of carbonyl (C=O) groups is 3. The number of aryl methyl sites for hydroxylation is 1. The van der Waals surface area contributed by atoms with Crippen molar-refractivity contribution in [1.82, 2.24) is 9.47 Å². The molecule has 1 aliphatic carbocycles. The molecule has 2 aromatic rings. The molecule has 2 aliphatic rings. The standard InChI is InChI=1S/C21H24N2O5S/c1-12-9-16(13(2)22(12)15-6-7-15)18(25)10-28-21(26)17-11-29-20(23(17)14(3)24)19-5-4-8-27-19/h4-5,8-9,15,17,20H,6-7,10-11H2,1-3H3/t17-,20-/m1/s1. The Kier molecular flexibility index (Phi) is 5.29. The highest BCUT2D eigenvalue weighted by Gasteiger charge is 2.43. The van der Waals surface area contributed by atoms with Crippen LogP contribution in [0.4, 0.5) is 0 Å². The second-order valence-electron chi connectivity index (χ2n) is 7.56. The van der Waals surface area contributed by atoms with Crippen molar-refractivity contribution in [3.63, 3.8) is 0 Å². The van der Waals surface area contributed by atoms with E-state index in [1.54, 1.807) is 12.1 Å².